The normalized spacial score (nSPS) is 12.4. The molecule has 0 saturated heterocycles. The van der Waals surface area contributed by atoms with E-state index in [9.17, 15) is 22.8 Å². The summed E-state index contributed by atoms with van der Waals surface area (Å²) in [6.07, 6.45) is -4.82. The van der Waals surface area contributed by atoms with E-state index in [1.54, 1.807) is 24.3 Å². The quantitative estimate of drug-likeness (QED) is 0.520. The maximum Gasteiger partial charge on any atom is 0.416 e. The Morgan fingerprint density at radius 2 is 1.80 bits per heavy atom. The molecule has 10 heteroatoms. The van der Waals surface area contributed by atoms with Crippen LogP contribution in [0.3, 0.4) is 0 Å². The Kier molecular flexibility index (Phi) is 6.42. The number of amides is 1. The number of rotatable bonds is 6. The standard InChI is InChI=1S/C20H14ClF3N2O3S/c21-14-4-2-1-3-13(14)15(9-17(27)28)25-18(29)16-10-30-19(26-16)11-5-7-12(8-6-11)20(22,23)24/h1-8,10,15H,9H2,(H,25,29)(H,27,28). The number of halogens is 4. The summed E-state index contributed by atoms with van der Waals surface area (Å²) in [7, 11) is 0. The fourth-order valence-electron chi connectivity index (χ4n) is 2.72. The Bertz CT molecular complexity index is 1070. The first-order valence-electron chi connectivity index (χ1n) is 8.55. The topological polar surface area (TPSA) is 79.3 Å². The molecule has 0 bridgehead atoms. The van der Waals surface area contributed by atoms with Gasteiger partial charge in [0, 0.05) is 16.0 Å². The SMILES string of the molecule is O=C(O)CC(NC(=O)c1csc(-c2ccc(C(F)(F)F)cc2)n1)c1ccccc1Cl. The zero-order valence-corrected chi connectivity index (χ0v) is 16.7. The van der Waals surface area contributed by atoms with Crippen LogP contribution in [0.5, 0.6) is 0 Å². The Hall–Kier alpha value is -2.91. The summed E-state index contributed by atoms with van der Waals surface area (Å²) in [6.45, 7) is 0. The van der Waals surface area contributed by atoms with Crippen molar-refractivity contribution in [3.8, 4) is 10.6 Å². The van der Waals surface area contributed by atoms with Crippen LogP contribution in [-0.4, -0.2) is 22.0 Å². The van der Waals surface area contributed by atoms with E-state index in [1.807, 2.05) is 0 Å². The lowest BCUT2D eigenvalue weighted by Gasteiger charge is -2.18. The molecule has 3 rings (SSSR count). The molecule has 0 aliphatic carbocycles. The highest BCUT2D eigenvalue weighted by Crippen LogP contribution is 2.32. The minimum atomic E-state index is -4.44. The van der Waals surface area contributed by atoms with Crippen LogP contribution >= 0.6 is 22.9 Å². The second-order valence-corrected chi connectivity index (χ2v) is 7.52. The molecule has 2 aromatic carbocycles. The van der Waals surface area contributed by atoms with Crippen molar-refractivity contribution in [1.29, 1.82) is 0 Å². The molecule has 1 unspecified atom stereocenters. The van der Waals surface area contributed by atoms with Crippen molar-refractivity contribution in [3.63, 3.8) is 0 Å². The molecule has 0 fully saturated rings. The second kappa shape index (κ2) is 8.85. The van der Waals surface area contributed by atoms with Gasteiger partial charge >= 0.3 is 12.1 Å². The lowest BCUT2D eigenvalue weighted by molar-refractivity contribution is -0.138. The number of hydrogen-bond acceptors (Lipinski definition) is 4. The summed E-state index contributed by atoms with van der Waals surface area (Å²) in [5, 5.41) is 13.9. The van der Waals surface area contributed by atoms with Crippen LogP contribution in [0.2, 0.25) is 5.02 Å². The number of hydrogen-bond donors (Lipinski definition) is 2. The van der Waals surface area contributed by atoms with Crippen molar-refractivity contribution in [3.05, 3.63) is 75.8 Å². The number of alkyl halides is 3. The Morgan fingerprint density at radius 1 is 1.13 bits per heavy atom. The lowest BCUT2D eigenvalue weighted by atomic mass is 10.0. The third-order valence-corrected chi connectivity index (χ3v) is 5.40. The maximum absolute atomic E-state index is 12.7. The number of nitrogens with one attached hydrogen (secondary N) is 1. The minimum absolute atomic E-state index is 0.0253. The molecule has 1 heterocycles. The highest BCUT2D eigenvalue weighted by atomic mass is 35.5. The summed E-state index contributed by atoms with van der Waals surface area (Å²) < 4.78 is 38.1. The zero-order chi connectivity index (χ0) is 21.9. The predicted molar refractivity (Wildman–Crippen MR) is 106 cm³/mol. The molecule has 0 saturated carbocycles. The first-order chi connectivity index (χ1) is 14.1. The van der Waals surface area contributed by atoms with E-state index in [2.05, 4.69) is 10.3 Å². The summed E-state index contributed by atoms with van der Waals surface area (Å²) in [4.78, 5) is 28.0. The monoisotopic (exact) mass is 454 g/mol. The number of thiazole rings is 1. The van der Waals surface area contributed by atoms with Crippen LogP contribution in [0.4, 0.5) is 13.2 Å². The van der Waals surface area contributed by atoms with Gasteiger partial charge in [-0.25, -0.2) is 4.98 Å². The first kappa shape index (κ1) is 21.8. The van der Waals surface area contributed by atoms with E-state index in [4.69, 9.17) is 16.7 Å². The van der Waals surface area contributed by atoms with Crippen molar-refractivity contribution in [2.45, 2.75) is 18.6 Å². The van der Waals surface area contributed by atoms with E-state index in [1.165, 1.54) is 17.5 Å². The molecular weight excluding hydrogens is 441 g/mol. The third kappa shape index (κ3) is 5.17. The molecule has 1 aromatic heterocycles. The van der Waals surface area contributed by atoms with Crippen LogP contribution in [0.25, 0.3) is 10.6 Å². The van der Waals surface area contributed by atoms with Gasteiger partial charge in [-0.2, -0.15) is 13.2 Å². The molecule has 30 heavy (non-hydrogen) atoms. The fraction of sp³-hybridized carbons (Fsp3) is 0.150. The van der Waals surface area contributed by atoms with Gasteiger partial charge in [-0.1, -0.05) is 41.9 Å². The van der Waals surface area contributed by atoms with E-state index < -0.39 is 29.7 Å². The fourth-order valence-corrected chi connectivity index (χ4v) is 3.79. The number of aliphatic carboxylic acids is 1. The summed E-state index contributed by atoms with van der Waals surface area (Å²) >= 11 is 7.21. The molecule has 0 spiro atoms. The molecule has 5 nitrogen and oxygen atoms in total. The summed E-state index contributed by atoms with van der Waals surface area (Å²) in [6, 6.07) is 10.1. The molecule has 156 valence electrons. The van der Waals surface area contributed by atoms with Gasteiger partial charge in [0.25, 0.3) is 5.91 Å². The average molecular weight is 455 g/mol. The van der Waals surface area contributed by atoms with Gasteiger partial charge in [-0.05, 0) is 23.8 Å². The van der Waals surface area contributed by atoms with E-state index >= 15 is 0 Å². The molecule has 0 aliphatic heterocycles. The van der Waals surface area contributed by atoms with Crippen molar-refractivity contribution in [1.82, 2.24) is 10.3 Å². The maximum atomic E-state index is 12.7. The highest BCUT2D eigenvalue weighted by molar-refractivity contribution is 7.13. The van der Waals surface area contributed by atoms with Crippen LogP contribution in [0.15, 0.2) is 53.9 Å². The second-order valence-electron chi connectivity index (χ2n) is 6.26. The van der Waals surface area contributed by atoms with Gasteiger partial charge in [0.1, 0.15) is 10.7 Å². The molecule has 1 atom stereocenters. The number of carbonyl (C=O) groups is 2. The van der Waals surface area contributed by atoms with Gasteiger partial charge < -0.3 is 10.4 Å². The first-order valence-corrected chi connectivity index (χ1v) is 9.81. The number of benzene rings is 2. The van der Waals surface area contributed by atoms with Crippen molar-refractivity contribution in [2.75, 3.05) is 0 Å². The van der Waals surface area contributed by atoms with Gasteiger partial charge in [0.15, 0.2) is 0 Å². The Labute approximate surface area is 178 Å². The van der Waals surface area contributed by atoms with Crippen LogP contribution in [0, 0.1) is 0 Å². The number of carboxylic acids is 1. The number of aromatic nitrogens is 1. The lowest BCUT2D eigenvalue weighted by Crippen LogP contribution is -2.30. The molecule has 3 aromatic rings. The summed E-state index contributed by atoms with van der Waals surface area (Å²) in [5.41, 5.74) is 0.128. The van der Waals surface area contributed by atoms with Crippen LogP contribution in [-0.2, 0) is 11.0 Å². The average Bonchev–Trinajstić information content (AvgIpc) is 3.17. The summed E-state index contributed by atoms with van der Waals surface area (Å²) in [5.74, 6) is -1.74. The van der Waals surface area contributed by atoms with Gasteiger partial charge in [-0.15, -0.1) is 11.3 Å². The van der Waals surface area contributed by atoms with Gasteiger partial charge in [0.2, 0.25) is 0 Å². The Morgan fingerprint density at radius 3 is 2.40 bits per heavy atom. The van der Waals surface area contributed by atoms with E-state index in [0.717, 1.165) is 23.5 Å². The minimum Gasteiger partial charge on any atom is -0.481 e. The smallest absolute Gasteiger partial charge is 0.416 e. The molecule has 0 aliphatic rings. The van der Waals surface area contributed by atoms with Crippen molar-refractivity contribution < 1.29 is 27.9 Å². The van der Waals surface area contributed by atoms with Crippen LogP contribution < -0.4 is 5.32 Å². The van der Waals surface area contributed by atoms with Crippen LogP contribution in [0.1, 0.15) is 34.1 Å². The largest absolute Gasteiger partial charge is 0.481 e. The predicted octanol–water partition coefficient (Wildman–Crippen LogP) is 5.43. The molecule has 0 radical (unpaired) electrons. The van der Waals surface area contributed by atoms with E-state index in [0.29, 0.717) is 21.2 Å². The number of nitrogens with zero attached hydrogens (tertiary/aromatic N) is 1. The van der Waals surface area contributed by atoms with Gasteiger partial charge in [-0.3, -0.25) is 9.59 Å². The molecule has 2 N–H and O–H groups in total. The van der Waals surface area contributed by atoms with Crippen molar-refractivity contribution in [2.24, 2.45) is 0 Å². The van der Waals surface area contributed by atoms with E-state index in [-0.39, 0.29) is 12.1 Å². The molecular formula is C20H14ClF3N2O3S. The van der Waals surface area contributed by atoms with Crippen molar-refractivity contribution >= 4 is 34.8 Å². The number of carbonyl (C=O) groups excluding carboxylic acids is 1. The highest BCUT2D eigenvalue weighted by Gasteiger charge is 2.30. The zero-order valence-electron chi connectivity index (χ0n) is 15.1. The number of carboxylic acid groups (broad SMARTS) is 1. The van der Waals surface area contributed by atoms with Gasteiger partial charge in [0.05, 0.1) is 18.0 Å². The third-order valence-electron chi connectivity index (χ3n) is 4.16. The molecule has 1 amide bonds. The Balaban J connectivity index is 1.79.